The third kappa shape index (κ3) is 4.09. The number of hydrogen-bond acceptors (Lipinski definition) is 5. The SMILES string of the molecule is COc1cc([C@H]2COCCN2)ccc1OC(C)=O.Cl. The highest BCUT2D eigenvalue weighted by Gasteiger charge is 2.17. The number of halogens is 1. The van der Waals surface area contributed by atoms with Crippen LogP contribution in [0.3, 0.4) is 0 Å². The van der Waals surface area contributed by atoms with Gasteiger partial charge in [0.05, 0.1) is 26.4 Å². The van der Waals surface area contributed by atoms with Crippen LogP contribution in [0.5, 0.6) is 11.5 Å². The Labute approximate surface area is 118 Å². The summed E-state index contributed by atoms with van der Waals surface area (Å²) in [6.07, 6.45) is 0. The van der Waals surface area contributed by atoms with Gasteiger partial charge in [-0.05, 0) is 17.7 Å². The summed E-state index contributed by atoms with van der Waals surface area (Å²) in [6.45, 7) is 3.57. The quantitative estimate of drug-likeness (QED) is 0.677. The van der Waals surface area contributed by atoms with Gasteiger partial charge in [-0.3, -0.25) is 4.79 Å². The minimum atomic E-state index is -0.361. The van der Waals surface area contributed by atoms with Gasteiger partial charge in [-0.1, -0.05) is 6.07 Å². The number of carbonyl (C=O) groups excluding carboxylic acids is 1. The van der Waals surface area contributed by atoms with Crippen molar-refractivity contribution >= 4 is 18.4 Å². The van der Waals surface area contributed by atoms with Crippen molar-refractivity contribution in [1.82, 2.24) is 5.32 Å². The van der Waals surface area contributed by atoms with E-state index in [9.17, 15) is 4.79 Å². The topological polar surface area (TPSA) is 56.8 Å². The lowest BCUT2D eigenvalue weighted by molar-refractivity contribution is -0.132. The third-order valence-electron chi connectivity index (χ3n) is 2.77. The summed E-state index contributed by atoms with van der Waals surface area (Å²) in [5.41, 5.74) is 1.06. The summed E-state index contributed by atoms with van der Waals surface area (Å²) in [4.78, 5) is 11.0. The molecule has 1 aromatic rings. The number of carbonyl (C=O) groups is 1. The zero-order valence-electron chi connectivity index (χ0n) is 11.0. The maximum Gasteiger partial charge on any atom is 0.308 e. The van der Waals surface area contributed by atoms with E-state index in [0.29, 0.717) is 18.1 Å². The first-order valence-corrected chi connectivity index (χ1v) is 5.88. The van der Waals surface area contributed by atoms with Crippen molar-refractivity contribution in [3.63, 3.8) is 0 Å². The number of benzene rings is 1. The van der Waals surface area contributed by atoms with Crippen LogP contribution < -0.4 is 14.8 Å². The molecule has 19 heavy (non-hydrogen) atoms. The molecular weight excluding hydrogens is 270 g/mol. The van der Waals surface area contributed by atoms with E-state index >= 15 is 0 Å². The van der Waals surface area contributed by atoms with E-state index in [4.69, 9.17) is 14.2 Å². The van der Waals surface area contributed by atoms with Crippen LogP contribution in [0.1, 0.15) is 18.5 Å². The molecule has 1 fully saturated rings. The van der Waals surface area contributed by atoms with Crippen molar-refractivity contribution in [2.45, 2.75) is 13.0 Å². The van der Waals surface area contributed by atoms with Gasteiger partial charge < -0.3 is 19.5 Å². The van der Waals surface area contributed by atoms with Crippen LogP contribution in [0.4, 0.5) is 0 Å². The normalized spacial score (nSPS) is 18.3. The smallest absolute Gasteiger partial charge is 0.308 e. The zero-order valence-corrected chi connectivity index (χ0v) is 11.8. The average molecular weight is 288 g/mol. The Kier molecular flexibility index (Phi) is 6.08. The van der Waals surface area contributed by atoms with Gasteiger partial charge in [0.2, 0.25) is 0 Å². The Morgan fingerprint density at radius 3 is 2.79 bits per heavy atom. The lowest BCUT2D eigenvalue weighted by Crippen LogP contribution is -2.34. The van der Waals surface area contributed by atoms with Crippen molar-refractivity contribution in [2.24, 2.45) is 0 Å². The molecule has 0 bridgehead atoms. The summed E-state index contributed by atoms with van der Waals surface area (Å²) < 4.78 is 15.7. The number of ether oxygens (including phenoxy) is 3. The molecular formula is C13H18ClNO4. The van der Waals surface area contributed by atoms with Crippen LogP contribution in [0.25, 0.3) is 0 Å². The molecule has 0 aromatic heterocycles. The molecule has 2 rings (SSSR count). The van der Waals surface area contributed by atoms with Crippen LogP contribution in [-0.4, -0.2) is 32.8 Å². The summed E-state index contributed by atoms with van der Waals surface area (Å²) in [7, 11) is 1.55. The molecule has 1 aromatic carbocycles. The van der Waals surface area contributed by atoms with E-state index in [0.717, 1.165) is 18.7 Å². The molecule has 1 N–H and O–H groups in total. The van der Waals surface area contributed by atoms with Gasteiger partial charge in [-0.15, -0.1) is 12.4 Å². The predicted octanol–water partition coefficient (Wildman–Crippen LogP) is 1.70. The van der Waals surface area contributed by atoms with E-state index in [1.165, 1.54) is 6.92 Å². The van der Waals surface area contributed by atoms with E-state index < -0.39 is 0 Å². The standard InChI is InChI=1S/C13H17NO4.ClH/c1-9(15)18-12-4-3-10(7-13(12)16-2)11-8-17-6-5-14-11;/h3-4,7,11,14H,5-6,8H2,1-2H3;1H/t11-;/m1./s1. The predicted molar refractivity (Wildman–Crippen MR) is 73.1 cm³/mol. The second-order valence-electron chi connectivity index (χ2n) is 4.09. The molecule has 0 radical (unpaired) electrons. The summed E-state index contributed by atoms with van der Waals surface area (Å²) in [6, 6.07) is 5.67. The van der Waals surface area contributed by atoms with Crippen LogP contribution in [0, 0.1) is 0 Å². The second-order valence-corrected chi connectivity index (χ2v) is 4.09. The van der Waals surface area contributed by atoms with Crippen molar-refractivity contribution in [3.05, 3.63) is 23.8 Å². The average Bonchev–Trinajstić information content (AvgIpc) is 2.39. The monoisotopic (exact) mass is 287 g/mol. The first-order valence-electron chi connectivity index (χ1n) is 5.88. The molecule has 1 aliphatic heterocycles. The Bertz CT molecular complexity index is 433. The Balaban J connectivity index is 0.00000180. The first kappa shape index (κ1) is 15.8. The Morgan fingerprint density at radius 2 is 2.21 bits per heavy atom. The van der Waals surface area contributed by atoms with E-state index in [-0.39, 0.29) is 24.4 Å². The summed E-state index contributed by atoms with van der Waals surface area (Å²) >= 11 is 0. The molecule has 106 valence electrons. The number of rotatable bonds is 3. The van der Waals surface area contributed by atoms with Gasteiger partial charge in [-0.25, -0.2) is 0 Å². The van der Waals surface area contributed by atoms with Gasteiger partial charge >= 0.3 is 5.97 Å². The minimum Gasteiger partial charge on any atom is -0.493 e. The van der Waals surface area contributed by atoms with Gasteiger partial charge in [0.15, 0.2) is 11.5 Å². The molecule has 1 heterocycles. The maximum atomic E-state index is 11.0. The maximum absolute atomic E-state index is 11.0. The Hall–Kier alpha value is -1.30. The number of methoxy groups -OCH3 is 1. The third-order valence-corrected chi connectivity index (χ3v) is 2.77. The molecule has 0 aliphatic carbocycles. The summed E-state index contributed by atoms with van der Waals surface area (Å²) in [5, 5.41) is 3.36. The molecule has 1 atom stereocenters. The fourth-order valence-electron chi connectivity index (χ4n) is 1.92. The lowest BCUT2D eigenvalue weighted by atomic mass is 10.1. The van der Waals surface area contributed by atoms with E-state index in [1.807, 2.05) is 12.1 Å². The highest BCUT2D eigenvalue weighted by molar-refractivity contribution is 5.85. The van der Waals surface area contributed by atoms with E-state index in [1.54, 1.807) is 13.2 Å². The zero-order chi connectivity index (χ0) is 13.0. The number of morpholine rings is 1. The number of hydrogen-bond donors (Lipinski definition) is 1. The van der Waals surface area contributed by atoms with Gasteiger partial charge in [0, 0.05) is 13.5 Å². The fraction of sp³-hybridized carbons (Fsp3) is 0.462. The molecule has 0 amide bonds. The fourth-order valence-corrected chi connectivity index (χ4v) is 1.92. The minimum absolute atomic E-state index is 0. The largest absolute Gasteiger partial charge is 0.493 e. The van der Waals surface area contributed by atoms with Crippen molar-refractivity contribution in [1.29, 1.82) is 0 Å². The molecule has 1 saturated heterocycles. The molecule has 5 nitrogen and oxygen atoms in total. The highest BCUT2D eigenvalue weighted by atomic mass is 35.5. The highest BCUT2D eigenvalue weighted by Crippen LogP contribution is 2.30. The van der Waals surface area contributed by atoms with Crippen molar-refractivity contribution in [3.8, 4) is 11.5 Å². The molecule has 6 heteroatoms. The van der Waals surface area contributed by atoms with Gasteiger partial charge in [0.1, 0.15) is 0 Å². The molecule has 0 unspecified atom stereocenters. The summed E-state index contributed by atoms with van der Waals surface area (Å²) in [5.74, 6) is 0.626. The first-order chi connectivity index (χ1) is 8.70. The molecule has 0 spiro atoms. The van der Waals surface area contributed by atoms with Crippen LogP contribution in [-0.2, 0) is 9.53 Å². The van der Waals surface area contributed by atoms with Crippen LogP contribution in [0.2, 0.25) is 0 Å². The van der Waals surface area contributed by atoms with Crippen molar-refractivity contribution < 1.29 is 19.0 Å². The molecule has 0 saturated carbocycles. The van der Waals surface area contributed by atoms with Gasteiger partial charge in [0.25, 0.3) is 0 Å². The second kappa shape index (κ2) is 7.33. The lowest BCUT2D eigenvalue weighted by Gasteiger charge is -2.24. The van der Waals surface area contributed by atoms with Crippen molar-refractivity contribution in [2.75, 3.05) is 26.9 Å². The van der Waals surface area contributed by atoms with Crippen LogP contribution >= 0.6 is 12.4 Å². The molecule has 1 aliphatic rings. The van der Waals surface area contributed by atoms with E-state index in [2.05, 4.69) is 5.32 Å². The van der Waals surface area contributed by atoms with Gasteiger partial charge in [-0.2, -0.15) is 0 Å². The number of nitrogens with one attached hydrogen (secondary N) is 1. The number of esters is 1. The Morgan fingerprint density at radius 1 is 1.42 bits per heavy atom. The van der Waals surface area contributed by atoms with Crippen LogP contribution in [0.15, 0.2) is 18.2 Å².